The number of phenols is 1. The highest BCUT2D eigenvalue weighted by Crippen LogP contribution is 2.11. The fraction of sp³-hybridized carbons (Fsp3) is 0.444. The smallest absolute Gasteiger partial charge is 0.328 e. The van der Waals surface area contributed by atoms with Gasteiger partial charge >= 0.3 is 5.97 Å². The molecule has 0 aliphatic heterocycles. The number of aliphatic hydroxyl groups is 1. The summed E-state index contributed by atoms with van der Waals surface area (Å²) in [5.74, 6) is -3.75. The van der Waals surface area contributed by atoms with Gasteiger partial charge in [-0.25, -0.2) is 4.79 Å². The Morgan fingerprint density at radius 1 is 1.03 bits per heavy atom. The van der Waals surface area contributed by atoms with Gasteiger partial charge in [0.1, 0.15) is 17.8 Å². The van der Waals surface area contributed by atoms with E-state index in [9.17, 15) is 29.4 Å². The number of hydrogen-bond donors (Lipinski definition) is 8. The third-order valence-corrected chi connectivity index (χ3v) is 4.44. The third-order valence-electron chi connectivity index (χ3n) is 4.08. The van der Waals surface area contributed by atoms with Crippen LogP contribution in [0.1, 0.15) is 12.5 Å². The van der Waals surface area contributed by atoms with Crippen molar-refractivity contribution in [1.82, 2.24) is 16.0 Å². The first-order valence-electron chi connectivity index (χ1n) is 8.98. The normalized spacial score (nSPS) is 14.7. The monoisotopic (exact) mass is 442 g/mol. The number of phenolic OH excluding ortho intramolecular Hbond substituents is 1. The van der Waals surface area contributed by atoms with E-state index in [1.165, 1.54) is 19.1 Å². The fourth-order valence-corrected chi connectivity index (χ4v) is 2.70. The third kappa shape index (κ3) is 7.89. The Kier molecular flexibility index (Phi) is 10.1. The number of carboxylic acid groups (broad SMARTS) is 1. The molecule has 1 rings (SSSR count). The second kappa shape index (κ2) is 12.0. The predicted octanol–water partition coefficient (Wildman–Crippen LogP) is -2.26. The molecule has 0 fully saturated rings. The molecule has 3 amide bonds. The van der Waals surface area contributed by atoms with E-state index < -0.39 is 47.9 Å². The van der Waals surface area contributed by atoms with E-state index in [0.717, 1.165) is 0 Å². The zero-order chi connectivity index (χ0) is 22.8. The highest BCUT2D eigenvalue weighted by atomic mass is 32.1. The number of aliphatic hydroxyl groups excluding tert-OH is 1. The molecule has 11 nitrogen and oxygen atoms in total. The van der Waals surface area contributed by atoms with Crippen LogP contribution in [0.3, 0.4) is 0 Å². The van der Waals surface area contributed by atoms with Crippen LogP contribution in [0.15, 0.2) is 24.3 Å². The quantitative estimate of drug-likeness (QED) is 0.176. The molecule has 0 aliphatic rings. The van der Waals surface area contributed by atoms with E-state index in [1.54, 1.807) is 12.1 Å². The highest BCUT2D eigenvalue weighted by Gasteiger charge is 2.30. The molecule has 0 spiro atoms. The maximum absolute atomic E-state index is 12.7. The Bertz CT molecular complexity index is 757. The largest absolute Gasteiger partial charge is 0.508 e. The van der Waals surface area contributed by atoms with Crippen molar-refractivity contribution >= 4 is 36.3 Å². The number of thiol groups is 1. The minimum Gasteiger partial charge on any atom is -0.508 e. The van der Waals surface area contributed by atoms with E-state index >= 15 is 0 Å². The van der Waals surface area contributed by atoms with Gasteiger partial charge in [0.15, 0.2) is 6.04 Å². The summed E-state index contributed by atoms with van der Waals surface area (Å²) in [6.07, 6.45) is -1.32. The molecule has 0 saturated carbocycles. The van der Waals surface area contributed by atoms with E-state index in [-0.39, 0.29) is 24.5 Å². The molecule has 1 aromatic rings. The Balaban J connectivity index is 2.92. The van der Waals surface area contributed by atoms with Gasteiger partial charge in [0.2, 0.25) is 17.7 Å². The lowest BCUT2D eigenvalue weighted by Crippen LogP contribution is -2.58. The van der Waals surface area contributed by atoms with Crippen molar-refractivity contribution in [3.8, 4) is 5.75 Å². The molecule has 0 aliphatic carbocycles. The van der Waals surface area contributed by atoms with Crippen molar-refractivity contribution in [2.45, 2.75) is 37.6 Å². The molecule has 4 atom stereocenters. The van der Waals surface area contributed by atoms with Crippen LogP contribution in [0.4, 0.5) is 0 Å². The number of aromatic hydroxyl groups is 1. The molecule has 166 valence electrons. The standard InChI is InChI=1S/C18H26N4O7S/c1-9(23)15(18(28)29)22-17(27)13(8-30)21-16(26)12(20-14(25)7-19)6-10-2-4-11(24)5-3-10/h2-5,9,12-13,15,23-24,30H,6-8,19H2,1H3,(H,20,25)(H,21,26)(H,22,27)(H,28,29). The number of carbonyl (C=O) groups is 4. The predicted molar refractivity (Wildman–Crippen MR) is 110 cm³/mol. The van der Waals surface area contributed by atoms with Gasteiger partial charge in [-0.05, 0) is 24.6 Å². The number of hydrogen-bond acceptors (Lipinski definition) is 8. The lowest BCUT2D eigenvalue weighted by Gasteiger charge is -2.24. The van der Waals surface area contributed by atoms with Crippen LogP contribution in [0.25, 0.3) is 0 Å². The Morgan fingerprint density at radius 3 is 2.07 bits per heavy atom. The SMILES string of the molecule is CC(O)C(NC(=O)C(CS)NC(=O)C(Cc1ccc(O)cc1)NC(=O)CN)C(=O)O. The average molecular weight is 442 g/mol. The van der Waals surface area contributed by atoms with E-state index in [0.29, 0.717) is 5.56 Å². The molecule has 0 heterocycles. The summed E-state index contributed by atoms with van der Waals surface area (Å²) in [4.78, 5) is 47.9. The number of carbonyl (C=O) groups excluding carboxylic acids is 3. The van der Waals surface area contributed by atoms with Crippen LogP contribution in [-0.2, 0) is 25.6 Å². The lowest BCUT2D eigenvalue weighted by molar-refractivity contribution is -0.145. The van der Waals surface area contributed by atoms with E-state index in [2.05, 4.69) is 28.6 Å². The van der Waals surface area contributed by atoms with Gasteiger partial charge in [-0.2, -0.15) is 12.6 Å². The molecule has 0 bridgehead atoms. The van der Waals surface area contributed by atoms with Crippen molar-refractivity contribution in [1.29, 1.82) is 0 Å². The molecular weight excluding hydrogens is 416 g/mol. The summed E-state index contributed by atoms with van der Waals surface area (Å²) in [6.45, 7) is 0.841. The van der Waals surface area contributed by atoms with Crippen LogP contribution in [0, 0.1) is 0 Å². The molecule has 8 N–H and O–H groups in total. The topological polar surface area (TPSA) is 191 Å². The number of amides is 3. The molecule has 0 saturated heterocycles. The van der Waals surface area contributed by atoms with Crippen molar-refractivity contribution in [2.24, 2.45) is 5.73 Å². The first-order chi connectivity index (χ1) is 14.1. The van der Waals surface area contributed by atoms with Crippen molar-refractivity contribution in [3.05, 3.63) is 29.8 Å². The number of nitrogens with one attached hydrogen (secondary N) is 3. The molecule has 0 radical (unpaired) electrons. The zero-order valence-corrected chi connectivity index (χ0v) is 17.1. The average Bonchev–Trinajstić information content (AvgIpc) is 2.70. The Morgan fingerprint density at radius 2 is 1.60 bits per heavy atom. The Hall–Kier alpha value is -2.83. The van der Waals surface area contributed by atoms with Gasteiger partial charge in [-0.1, -0.05) is 12.1 Å². The Labute approximate surface area is 178 Å². The lowest BCUT2D eigenvalue weighted by atomic mass is 10.0. The second-order valence-electron chi connectivity index (χ2n) is 6.50. The van der Waals surface area contributed by atoms with Crippen LogP contribution >= 0.6 is 12.6 Å². The second-order valence-corrected chi connectivity index (χ2v) is 6.87. The number of carboxylic acids is 1. The van der Waals surface area contributed by atoms with Crippen LogP contribution in [-0.4, -0.2) is 75.5 Å². The molecule has 4 unspecified atom stereocenters. The number of nitrogens with two attached hydrogens (primary N) is 1. The summed E-state index contributed by atoms with van der Waals surface area (Å²) < 4.78 is 0. The number of rotatable bonds is 11. The maximum Gasteiger partial charge on any atom is 0.328 e. The first kappa shape index (κ1) is 25.2. The summed E-state index contributed by atoms with van der Waals surface area (Å²) in [7, 11) is 0. The first-order valence-corrected chi connectivity index (χ1v) is 9.62. The van der Waals surface area contributed by atoms with Gasteiger partial charge in [-0.3, -0.25) is 14.4 Å². The maximum atomic E-state index is 12.7. The van der Waals surface area contributed by atoms with Crippen molar-refractivity contribution in [2.75, 3.05) is 12.3 Å². The molecular formula is C18H26N4O7S. The summed E-state index contributed by atoms with van der Waals surface area (Å²) in [5.41, 5.74) is 5.91. The summed E-state index contributed by atoms with van der Waals surface area (Å²) >= 11 is 4.00. The van der Waals surface area contributed by atoms with Crippen LogP contribution < -0.4 is 21.7 Å². The van der Waals surface area contributed by atoms with E-state index in [1.807, 2.05) is 0 Å². The fourth-order valence-electron chi connectivity index (χ4n) is 2.44. The molecule has 12 heteroatoms. The highest BCUT2D eigenvalue weighted by molar-refractivity contribution is 7.80. The summed E-state index contributed by atoms with van der Waals surface area (Å²) in [6, 6.07) is 2.08. The molecule has 0 aromatic heterocycles. The minimum atomic E-state index is -1.57. The van der Waals surface area contributed by atoms with Crippen molar-refractivity contribution in [3.63, 3.8) is 0 Å². The van der Waals surface area contributed by atoms with E-state index in [4.69, 9.17) is 10.8 Å². The zero-order valence-electron chi connectivity index (χ0n) is 16.2. The van der Waals surface area contributed by atoms with Gasteiger partial charge in [0.05, 0.1) is 12.6 Å². The minimum absolute atomic E-state index is 0.0312. The molecule has 1 aromatic carbocycles. The summed E-state index contributed by atoms with van der Waals surface area (Å²) in [5, 5.41) is 34.9. The van der Waals surface area contributed by atoms with Crippen LogP contribution in [0.2, 0.25) is 0 Å². The van der Waals surface area contributed by atoms with Gasteiger partial charge < -0.3 is 37.0 Å². The number of benzene rings is 1. The van der Waals surface area contributed by atoms with Crippen molar-refractivity contribution < 1.29 is 34.5 Å². The molecule has 30 heavy (non-hydrogen) atoms. The van der Waals surface area contributed by atoms with Crippen LogP contribution in [0.5, 0.6) is 5.75 Å². The van der Waals surface area contributed by atoms with Gasteiger partial charge in [0, 0.05) is 12.2 Å². The number of aliphatic carboxylic acids is 1. The van der Waals surface area contributed by atoms with Gasteiger partial charge in [0.25, 0.3) is 0 Å². The van der Waals surface area contributed by atoms with Gasteiger partial charge in [-0.15, -0.1) is 0 Å².